The molecule has 4 bridgehead atoms. The fourth-order valence-corrected chi connectivity index (χ4v) is 8.78. The zero-order valence-electron chi connectivity index (χ0n) is 31.7. The van der Waals surface area contributed by atoms with Gasteiger partial charge in [0, 0.05) is 23.7 Å². The Bertz CT molecular complexity index is 1530. The molecule has 14 unspecified atom stereocenters. The number of carbonyl (C=O) groups excluding carboxylic acids is 6. The maximum absolute atomic E-state index is 14.2. The van der Waals surface area contributed by atoms with Crippen LogP contribution in [-0.4, -0.2) is 83.3 Å². The van der Waals surface area contributed by atoms with Crippen LogP contribution in [0, 0.1) is 52.8 Å². The summed E-state index contributed by atoms with van der Waals surface area (Å²) in [6.45, 7) is 15.1. The van der Waals surface area contributed by atoms with Gasteiger partial charge in [-0.1, -0.05) is 13.8 Å². The van der Waals surface area contributed by atoms with Gasteiger partial charge in [0.15, 0.2) is 5.41 Å². The van der Waals surface area contributed by atoms with Gasteiger partial charge in [-0.2, -0.15) is 13.2 Å². The van der Waals surface area contributed by atoms with Gasteiger partial charge in [0.25, 0.3) is 0 Å². The van der Waals surface area contributed by atoms with Crippen LogP contribution in [0.4, 0.5) is 17.6 Å². The van der Waals surface area contributed by atoms with Crippen molar-refractivity contribution in [3.8, 4) is 0 Å². The van der Waals surface area contributed by atoms with Gasteiger partial charge in [-0.05, 0) is 81.1 Å². The lowest BCUT2D eigenvalue weighted by atomic mass is 9.78. The van der Waals surface area contributed by atoms with Crippen molar-refractivity contribution in [2.45, 2.75) is 142 Å². The maximum Gasteiger partial charge on any atom is 0.404 e. The smallest absolute Gasteiger partial charge is 0.404 e. The predicted molar refractivity (Wildman–Crippen MR) is 173 cm³/mol. The Morgan fingerprint density at radius 2 is 1.00 bits per heavy atom. The van der Waals surface area contributed by atoms with Crippen molar-refractivity contribution in [1.82, 2.24) is 0 Å². The molecule has 0 aromatic heterocycles. The second kappa shape index (κ2) is 13.4. The number of fused-ring (bicyclic) bond motifs is 2. The van der Waals surface area contributed by atoms with Gasteiger partial charge >= 0.3 is 42.0 Å². The lowest BCUT2D eigenvalue weighted by molar-refractivity contribution is -0.237. The summed E-state index contributed by atoms with van der Waals surface area (Å²) in [5, 5.41) is 0. The molecule has 16 heteroatoms. The molecule has 0 aromatic rings. The summed E-state index contributed by atoms with van der Waals surface area (Å²) in [6, 6.07) is 0. The molecular weight excluding hydrogens is 712 g/mol. The Kier molecular flexibility index (Phi) is 10.3. The summed E-state index contributed by atoms with van der Waals surface area (Å²) in [7, 11) is 0. The highest BCUT2D eigenvalue weighted by Gasteiger charge is 2.72. The normalized spacial score (nSPS) is 37.1. The van der Waals surface area contributed by atoms with Crippen LogP contribution >= 0.6 is 0 Å². The first-order valence-electron chi connectivity index (χ1n) is 18.2. The number of hydrogen-bond donors (Lipinski definition) is 0. The Morgan fingerprint density at radius 3 is 1.32 bits per heavy atom. The first-order valence-corrected chi connectivity index (χ1v) is 18.2. The molecule has 53 heavy (non-hydrogen) atoms. The quantitative estimate of drug-likeness (QED) is 0.181. The number of carbonyl (C=O) groups is 6. The molecule has 2 saturated heterocycles. The van der Waals surface area contributed by atoms with Crippen LogP contribution in [0.2, 0.25) is 0 Å². The van der Waals surface area contributed by atoms with Gasteiger partial charge in [-0.3, -0.25) is 24.0 Å². The zero-order chi connectivity index (χ0) is 40.0. The molecule has 0 spiro atoms. The molecule has 0 radical (unpaired) electrons. The molecule has 2 heterocycles. The molecule has 14 atom stereocenters. The highest BCUT2D eigenvalue weighted by Crippen LogP contribution is 2.61. The van der Waals surface area contributed by atoms with E-state index < -0.39 is 125 Å². The number of alkyl halides is 4. The average molecular weight is 763 g/mol. The summed E-state index contributed by atoms with van der Waals surface area (Å²) < 4.78 is 86.6. The van der Waals surface area contributed by atoms with Crippen LogP contribution in [0.1, 0.15) is 94.9 Å². The van der Waals surface area contributed by atoms with Gasteiger partial charge in [0.2, 0.25) is 5.67 Å². The molecule has 6 aliphatic rings. The summed E-state index contributed by atoms with van der Waals surface area (Å²) in [5.74, 6) is -8.87. The third kappa shape index (κ3) is 7.12. The van der Waals surface area contributed by atoms with Crippen LogP contribution in [0.3, 0.4) is 0 Å². The Morgan fingerprint density at radius 1 is 0.623 bits per heavy atom. The number of halogens is 4. The van der Waals surface area contributed by atoms with E-state index in [1.165, 1.54) is 6.92 Å². The minimum Gasteiger partial charge on any atom is -0.460 e. The Balaban J connectivity index is 0.000000206. The SMILES string of the molecule is CCC(C)(C(=O)OC1C2CC3C1OC(=O)C3C2C(=O)OC(C)(C)C)C(F)(F)F.CCC(C)(F)C(=O)OC1C2CC3C1OC(=O)C3C2C(=O)OC(C)(C)C. The van der Waals surface area contributed by atoms with Crippen LogP contribution in [0.15, 0.2) is 0 Å². The monoisotopic (exact) mass is 762 g/mol. The van der Waals surface area contributed by atoms with Crippen molar-refractivity contribution < 1.29 is 74.8 Å². The minimum absolute atomic E-state index is 0.0186. The largest absolute Gasteiger partial charge is 0.460 e. The van der Waals surface area contributed by atoms with Crippen molar-refractivity contribution in [1.29, 1.82) is 0 Å². The van der Waals surface area contributed by atoms with E-state index >= 15 is 0 Å². The highest BCUT2D eigenvalue weighted by atomic mass is 19.4. The molecule has 6 rings (SSSR count). The van der Waals surface area contributed by atoms with E-state index in [9.17, 15) is 46.3 Å². The molecule has 298 valence electrons. The van der Waals surface area contributed by atoms with Gasteiger partial charge in [-0.25, -0.2) is 9.18 Å². The molecule has 0 aromatic carbocycles. The van der Waals surface area contributed by atoms with E-state index in [0.29, 0.717) is 12.8 Å². The minimum atomic E-state index is -4.78. The van der Waals surface area contributed by atoms with Crippen LogP contribution < -0.4 is 0 Å². The van der Waals surface area contributed by atoms with Crippen LogP contribution in [0.5, 0.6) is 0 Å². The first-order chi connectivity index (χ1) is 24.2. The van der Waals surface area contributed by atoms with Crippen molar-refractivity contribution in [2.75, 3.05) is 0 Å². The second-order valence-electron chi connectivity index (χ2n) is 17.6. The third-order valence-corrected chi connectivity index (χ3v) is 11.8. The van der Waals surface area contributed by atoms with Crippen LogP contribution in [0.25, 0.3) is 0 Å². The molecule has 4 saturated carbocycles. The maximum atomic E-state index is 14.2. The summed E-state index contributed by atoms with van der Waals surface area (Å²) in [5.41, 5.74) is -6.25. The van der Waals surface area contributed by atoms with E-state index in [-0.39, 0.29) is 24.2 Å². The van der Waals surface area contributed by atoms with Crippen molar-refractivity contribution in [3.05, 3.63) is 0 Å². The van der Waals surface area contributed by atoms with Gasteiger partial charge in [0.05, 0.1) is 23.7 Å². The Hall–Kier alpha value is -3.46. The van der Waals surface area contributed by atoms with Crippen molar-refractivity contribution in [2.24, 2.45) is 52.8 Å². The standard InChI is InChI=1S/C19H25F3O6.C18H25FO6/c1-6-18(5,19(20,21)22)16(25)27-13-9-7-8-10(14(23)26-12(8)13)11(9)15(24)28-17(2,3)4;1-6-18(5,19)16(22)24-13-9-7-8-10(14(20)23-12(8)13)11(9)15(21)25-17(2,3)4/h8-13H,6-7H2,1-5H3;8-13H,6-7H2,1-5H3. The second-order valence-corrected chi connectivity index (χ2v) is 17.6. The number of rotatable bonds is 8. The topological polar surface area (TPSA) is 158 Å². The summed E-state index contributed by atoms with van der Waals surface area (Å²) >= 11 is 0. The number of esters is 6. The van der Waals surface area contributed by atoms with Crippen LogP contribution in [-0.2, 0) is 57.2 Å². The molecule has 12 nitrogen and oxygen atoms in total. The molecule has 6 fully saturated rings. The van der Waals surface area contributed by atoms with Crippen molar-refractivity contribution in [3.63, 3.8) is 0 Å². The van der Waals surface area contributed by atoms with Crippen molar-refractivity contribution >= 4 is 35.8 Å². The van der Waals surface area contributed by atoms with Gasteiger partial charge in [-0.15, -0.1) is 0 Å². The number of ether oxygens (including phenoxy) is 6. The average Bonchev–Trinajstić information content (AvgIpc) is 3.83. The summed E-state index contributed by atoms with van der Waals surface area (Å²) in [6.07, 6.45) is -7.64. The lowest BCUT2D eigenvalue weighted by Crippen LogP contribution is -2.49. The third-order valence-electron chi connectivity index (χ3n) is 11.8. The van der Waals surface area contributed by atoms with E-state index in [0.717, 1.165) is 13.8 Å². The Labute approximate surface area is 305 Å². The lowest BCUT2D eigenvalue weighted by Gasteiger charge is -2.35. The molecule has 0 N–H and O–H groups in total. The summed E-state index contributed by atoms with van der Waals surface area (Å²) in [4.78, 5) is 74.4. The molecule has 4 aliphatic carbocycles. The molecule has 2 aliphatic heterocycles. The first kappa shape index (κ1) is 40.7. The fraction of sp³-hybridized carbons (Fsp3) is 0.838. The highest BCUT2D eigenvalue weighted by molar-refractivity contribution is 5.88. The fourth-order valence-electron chi connectivity index (χ4n) is 8.78. The van der Waals surface area contributed by atoms with E-state index in [2.05, 4.69) is 0 Å². The van der Waals surface area contributed by atoms with E-state index in [1.807, 2.05) is 0 Å². The predicted octanol–water partition coefficient (Wildman–Crippen LogP) is 5.21. The number of hydrogen-bond acceptors (Lipinski definition) is 12. The van der Waals surface area contributed by atoms with Gasteiger partial charge < -0.3 is 28.4 Å². The molecule has 0 amide bonds. The van der Waals surface area contributed by atoms with Gasteiger partial charge in [0.1, 0.15) is 35.6 Å². The van der Waals surface area contributed by atoms with E-state index in [1.54, 1.807) is 48.5 Å². The molecular formula is C37H50F4O12. The van der Waals surface area contributed by atoms with E-state index in [4.69, 9.17) is 28.4 Å². The zero-order valence-corrected chi connectivity index (χ0v) is 31.7.